The Balaban J connectivity index is 1.80. The second-order valence-corrected chi connectivity index (χ2v) is 9.31. The highest BCUT2D eigenvalue weighted by Crippen LogP contribution is 2.34. The smallest absolute Gasteiger partial charge is 0.419 e. The zero-order valence-corrected chi connectivity index (χ0v) is 18.6. The molecule has 1 aliphatic rings. The lowest BCUT2D eigenvalue weighted by molar-refractivity contribution is -0.140. The van der Waals surface area contributed by atoms with Crippen molar-refractivity contribution < 1.29 is 40.2 Å². The van der Waals surface area contributed by atoms with Gasteiger partial charge in [0.1, 0.15) is 22.2 Å². The number of nitrogens with one attached hydrogen (secondary N) is 1. The van der Waals surface area contributed by atoms with Crippen molar-refractivity contribution in [2.75, 3.05) is 32.6 Å². The number of amides is 1. The van der Waals surface area contributed by atoms with Crippen molar-refractivity contribution in [3.63, 3.8) is 0 Å². The monoisotopic (exact) mass is 490 g/mol. The normalized spacial score (nSPS) is 17.5. The lowest BCUT2D eigenvalue weighted by Gasteiger charge is -2.31. The molecule has 7 nitrogen and oxygen atoms in total. The fraction of sp³-hybridized carbons (Fsp3) is 0.381. The number of carbonyl (C=O) groups is 1. The number of methoxy groups -OCH3 is 2. The molecule has 0 bridgehead atoms. The highest BCUT2D eigenvalue weighted by molar-refractivity contribution is 7.89. The van der Waals surface area contributed by atoms with E-state index in [0.717, 1.165) is 10.4 Å². The van der Waals surface area contributed by atoms with Crippen LogP contribution in [0.25, 0.3) is 0 Å². The molecule has 0 aliphatic carbocycles. The Morgan fingerprint density at radius 1 is 1.12 bits per heavy atom. The van der Waals surface area contributed by atoms with E-state index in [1.54, 1.807) is 6.07 Å². The molecule has 0 radical (unpaired) electrons. The molecular weight excluding hydrogens is 468 g/mol. The van der Waals surface area contributed by atoms with E-state index in [-0.39, 0.29) is 29.4 Å². The standard InChI is InChI=1S/C21H22F4N2O5S/c1-31-15-6-8-18(32-2)19(11-15)33(29,30)27-9-3-4-13(12-27)20(28)26-14-5-7-17(22)16(10-14)21(23,24)25/h5-8,10-11,13H,3-4,9,12H2,1-2H3,(H,26,28). The molecule has 3 rings (SSSR count). The Morgan fingerprint density at radius 3 is 2.48 bits per heavy atom. The summed E-state index contributed by atoms with van der Waals surface area (Å²) in [7, 11) is -1.35. The molecule has 1 saturated heterocycles. The average Bonchev–Trinajstić information content (AvgIpc) is 2.79. The van der Waals surface area contributed by atoms with E-state index in [2.05, 4.69) is 5.32 Å². The van der Waals surface area contributed by atoms with Crippen molar-refractivity contribution in [3.05, 3.63) is 47.8 Å². The van der Waals surface area contributed by atoms with Crippen LogP contribution < -0.4 is 14.8 Å². The van der Waals surface area contributed by atoms with Gasteiger partial charge in [0, 0.05) is 24.8 Å². The van der Waals surface area contributed by atoms with Gasteiger partial charge in [-0.1, -0.05) is 0 Å². The van der Waals surface area contributed by atoms with Gasteiger partial charge >= 0.3 is 6.18 Å². The number of halogens is 4. The van der Waals surface area contributed by atoms with Crippen LogP contribution in [-0.2, 0) is 21.0 Å². The van der Waals surface area contributed by atoms with Gasteiger partial charge in [-0.25, -0.2) is 12.8 Å². The zero-order chi connectivity index (χ0) is 24.4. The van der Waals surface area contributed by atoms with Gasteiger partial charge in [0.15, 0.2) is 0 Å². The van der Waals surface area contributed by atoms with Crippen LogP contribution >= 0.6 is 0 Å². The van der Waals surface area contributed by atoms with E-state index in [9.17, 15) is 30.8 Å². The number of benzene rings is 2. The Morgan fingerprint density at radius 2 is 1.85 bits per heavy atom. The van der Waals surface area contributed by atoms with Crippen LogP contribution in [0.2, 0.25) is 0 Å². The molecule has 12 heteroatoms. The average molecular weight is 490 g/mol. The maximum absolute atomic E-state index is 13.5. The number of nitrogens with zero attached hydrogens (tertiary/aromatic N) is 1. The third-order valence-corrected chi connectivity index (χ3v) is 7.17. The first kappa shape index (κ1) is 24.8. The topological polar surface area (TPSA) is 84.9 Å². The maximum Gasteiger partial charge on any atom is 0.419 e. The van der Waals surface area contributed by atoms with Gasteiger partial charge in [-0.2, -0.15) is 17.5 Å². The largest absolute Gasteiger partial charge is 0.497 e. The summed E-state index contributed by atoms with van der Waals surface area (Å²) in [5.41, 5.74) is -1.73. The van der Waals surface area contributed by atoms with Gasteiger partial charge in [-0.15, -0.1) is 0 Å². The molecule has 1 unspecified atom stereocenters. The number of anilines is 1. The van der Waals surface area contributed by atoms with Crippen molar-refractivity contribution in [1.82, 2.24) is 4.31 Å². The van der Waals surface area contributed by atoms with Crippen LogP contribution in [0.4, 0.5) is 23.2 Å². The molecule has 33 heavy (non-hydrogen) atoms. The summed E-state index contributed by atoms with van der Waals surface area (Å²) in [6.45, 7) is -0.0247. The summed E-state index contributed by atoms with van der Waals surface area (Å²) in [4.78, 5) is 12.6. The van der Waals surface area contributed by atoms with Crippen LogP contribution in [-0.4, -0.2) is 45.9 Å². The van der Waals surface area contributed by atoms with E-state index in [0.29, 0.717) is 30.7 Å². The molecule has 0 saturated carbocycles. The molecule has 1 aliphatic heterocycles. The summed E-state index contributed by atoms with van der Waals surface area (Å²) in [6.07, 6.45) is -4.22. The predicted octanol–water partition coefficient (Wildman–Crippen LogP) is 3.90. The fourth-order valence-corrected chi connectivity index (χ4v) is 5.26. The third-order valence-electron chi connectivity index (χ3n) is 5.28. The van der Waals surface area contributed by atoms with Gasteiger partial charge in [0.2, 0.25) is 15.9 Å². The lowest BCUT2D eigenvalue weighted by atomic mass is 9.98. The molecule has 1 heterocycles. The van der Waals surface area contributed by atoms with E-state index in [1.807, 2.05) is 0 Å². The fourth-order valence-electron chi connectivity index (χ4n) is 3.56. The highest BCUT2D eigenvalue weighted by Gasteiger charge is 2.36. The highest BCUT2D eigenvalue weighted by atomic mass is 32.2. The second kappa shape index (κ2) is 9.56. The van der Waals surface area contributed by atoms with Crippen molar-refractivity contribution in [1.29, 1.82) is 0 Å². The Kier molecular flexibility index (Phi) is 7.17. The molecule has 0 spiro atoms. The molecule has 1 amide bonds. The molecule has 1 atom stereocenters. The molecule has 0 aromatic heterocycles. The lowest BCUT2D eigenvalue weighted by Crippen LogP contribution is -2.43. The first-order valence-electron chi connectivity index (χ1n) is 9.87. The SMILES string of the molecule is COc1ccc(OC)c(S(=O)(=O)N2CCCC(C(=O)Nc3ccc(F)c(C(F)(F)F)c3)C2)c1. The first-order chi connectivity index (χ1) is 15.5. The number of hydrogen-bond acceptors (Lipinski definition) is 5. The number of rotatable bonds is 6. The van der Waals surface area contributed by atoms with Crippen LogP contribution in [0.5, 0.6) is 11.5 Å². The summed E-state index contributed by atoms with van der Waals surface area (Å²) in [5.74, 6) is -2.52. The second-order valence-electron chi connectivity index (χ2n) is 7.40. The van der Waals surface area contributed by atoms with Gasteiger partial charge in [0.05, 0.1) is 25.7 Å². The number of hydrogen-bond donors (Lipinski definition) is 1. The van der Waals surface area contributed by atoms with Crippen LogP contribution in [0.15, 0.2) is 41.3 Å². The number of carbonyl (C=O) groups excluding carboxylic acids is 1. The van der Waals surface area contributed by atoms with Crippen LogP contribution in [0.3, 0.4) is 0 Å². The number of ether oxygens (including phenoxy) is 2. The molecule has 2 aromatic rings. The Hall–Kier alpha value is -2.86. The quantitative estimate of drug-likeness (QED) is 0.621. The van der Waals surface area contributed by atoms with Crippen molar-refractivity contribution >= 4 is 21.6 Å². The number of alkyl halides is 3. The number of sulfonamides is 1. The van der Waals surface area contributed by atoms with Crippen molar-refractivity contribution in [2.24, 2.45) is 5.92 Å². The summed E-state index contributed by atoms with van der Waals surface area (Å²) in [5, 5.41) is 2.33. The minimum atomic E-state index is -4.92. The zero-order valence-electron chi connectivity index (χ0n) is 17.8. The molecule has 1 fully saturated rings. The Bertz CT molecular complexity index is 1140. The van der Waals surface area contributed by atoms with Crippen molar-refractivity contribution in [3.8, 4) is 11.5 Å². The first-order valence-corrected chi connectivity index (χ1v) is 11.3. The molecular formula is C21H22F4N2O5S. The van der Waals surface area contributed by atoms with E-state index >= 15 is 0 Å². The van der Waals surface area contributed by atoms with Gasteiger partial charge < -0.3 is 14.8 Å². The minimum Gasteiger partial charge on any atom is -0.497 e. The minimum absolute atomic E-state index is 0.105. The Labute approximate surface area is 188 Å². The maximum atomic E-state index is 13.5. The molecule has 180 valence electrons. The van der Waals surface area contributed by atoms with E-state index in [4.69, 9.17) is 9.47 Å². The van der Waals surface area contributed by atoms with Gasteiger partial charge in [-0.3, -0.25) is 4.79 Å². The van der Waals surface area contributed by atoms with Crippen LogP contribution in [0.1, 0.15) is 18.4 Å². The third kappa shape index (κ3) is 5.38. The number of piperidine rings is 1. The van der Waals surface area contributed by atoms with Gasteiger partial charge in [0.25, 0.3) is 0 Å². The molecule has 2 aromatic carbocycles. The summed E-state index contributed by atoms with van der Waals surface area (Å²) >= 11 is 0. The predicted molar refractivity (Wildman–Crippen MR) is 111 cm³/mol. The van der Waals surface area contributed by atoms with Gasteiger partial charge in [-0.05, 0) is 43.2 Å². The van der Waals surface area contributed by atoms with Crippen LogP contribution in [0, 0.1) is 11.7 Å². The van der Waals surface area contributed by atoms with E-state index < -0.39 is 39.4 Å². The van der Waals surface area contributed by atoms with Crippen molar-refractivity contribution in [2.45, 2.75) is 23.9 Å². The summed E-state index contributed by atoms with van der Waals surface area (Å²) < 4.78 is 90.2. The summed E-state index contributed by atoms with van der Waals surface area (Å²) in [6, 6.07) is 6.45. The van der Waals surface area contributed by atoms with E-state index in [1.165, 1.54) is 26.4 Å². The molecule has 1 N–H and O–H groups in total.